The highest BCUT2D eigenvalue weighted by molar-refractivity contribution is 5.35. The van der Waals surface area contributed by atoms with Crippen LogP contribution in [0.15, 0.2) is 6.20 Å². The topological polar surface area (TPSA) is 55.0 Å². The zero-order valence-electron chi connectivity index (χ0n) is 12.7. The number of nitrogens with zero attached hydrogens (tertiary/aromatic N) is 3. The van der Waals surface area contributed by atoms with Crippen LogP contribution in [0.3, 0.4) is 0 Å². The molecule has 1 saturated heterocycles. The molecule has 1 aromatic rings. The molecule has 1 aliphatic carbocycles. The van der Waals surface area contributed by atoms with Gasteiger partial charge in [-0.05, 0) is 55.5 Å². The lowest BCUT2D eigenvalue weighted by atomic mass is 9.76. The van der Waals surface area contributed by atoms with E-state index in [1.807, 2.05) is 0 Å². The summed E-state index contributed by atoms with van der Waals surface area (Å²) in [6.45, 7) is 7.58. The Kier molecular flexibility index (Phi) is 3.67. The molecule has 1 aromatic heterocycles. The molecule has 20 heavy (non-hydrogen) atoms. The number of aromatic nitrogens is 2. The lowest BCUT2D eigenvalue weighted by Crippen LogP contribution is -2.37. The first-order valence-corrected chi connectivity index (χ1v) is 7.87. The van der Waals surface area contributed by atoms with Crippen LogP contribution >= 0.6 is 0 Å². The first kappa shape index (κ1) is 13.8. The minimum atomic E-state index is 0.400. The molecule has 4 nitrogen and oxygen atoms in total. The minimum Gasteiger partial charge on any atom is -0.341 e. The van der Waals surface area contributed by atoms with E-state index in [4.69, 9.17) is 10.7 Å². The van der Waals surface area contributed by atoms with Crippen molar-refractivity contribution >= 4 is 5.95 Å². The fourth-order valence-electron chi connectivity index (χ4n) is 3.38. The van der Waals surface area contributed by atoms with E-state index in [0.717, 1.165) is 38.4 Å². The highest BCUT2D eigenvalue weighted by Crippen LogP contribution is 2.34. The number of rotatable bonds is 2. The Hall–Kier alpha value is -1.16. The van der Waals surface area contributed by atoms with Gasteiger partial charge in [0.05, 0.1) is 0 Å². The van der Waals surface area contributed by atoms with Crippen molar-refractivity contribution in [1.29, 1.82) is 0 Å². The van der Waals surface area contributed by atoms with Crippen molar-refractivity contribution in [2.45, 2.75) is 46.0 Å². The van der Waals surface area contributed by atoms with Crippen LogP contribution < -0.4 is 10.6 Å². The smallest absolute Gasteiger partial charge is 0.225 e. The zero-order valence-corrected chi connectivity index (χ0v) is 12.7. The summed E-state index contributed by atoms with van der Waals surface area (Å²) in [4.78, 5) is 11.8. The lowest BCUT2D eigenvalue weighted by molar-refractivity contribution is 0.311. The van der Waals surface area contributed by atoms with Gasteiger partial charge in [0.1, 0.15) is 0 Å². The number of piperidine rings is 1. The van der Waals surface area contributed by atoms with E-state index < -0.39 is 0 Å². The van der Waals surface area contributed by atoms with Gasteiger partial charge in [-0.15, -0.1) is 0 Å². The van der Waals surface area contributed by atoms with Gasteiger partial charge in [-0.2, -0.15) is 0 Å². The minimum absolute atomic E-state index is 0.400. The van der Waals surface area contributed by atoms with Crippen LogP contribution in [0.25, 0.3) is 0 Å². The largest absolute Gasteiger partial charge is 0.341 e. The number of anilines is 1. The van der Waals surface area contributed by atoms with E-state index in [2.05, 4.69) is 29.9 Å². The third-order valence-corrected chi connectivity index (χ3v) is 4.88. The Labute approximate surface area is 121 Å². The van der Waals surface area contributed by atoms with Crippen LogP contribution in [0.5, 0.6) is 0 Å². The second kappa shape index (κ2) is 5.32. The molecule has 0 aromatic carbocycles. The standard InChI is InChI=1S/C16H26N4/c1-16(2)6-3-14-13(9-16)11-18-15(19-14)20-7-4-12(10-17)5-8-20/h11-12H,3-10,17H2,1-2H3. The third kappa shape index (κ3) is 2.80. The van der Waals surface area contributed by atoms with E-state index in [0.29, 0.717) is 11.3 Å². The summed E-state index contributed by atoms with van der Waals surface area (Å²) in [6.07, 6.45) is 7.84. The Morgan fingerprint density at radius 1 is 1.35 bits per heavy atom. The molecule has 0 amide bonds. The normalized spacial score (nSPS) is 22.6. The number of fused-ring (bicyclic) bond motifs is 1. The van der Waals surface area contributed by atoms with Crippen LogP contribution in [0.1, 0.15) is 44.4 Å². The van der Waals surface area contributed by atoms with Gasteiger partial charge in [0, 0.05) is 25.0 Å². The predicted octanol–water partition coefficient (Wildman–Crippen LogP) is 2.17. The average molecular weight is 274 g/mol. The fraction of sp³-hybridized carbons (Fsp3) is 0.750. The summed E-state index contributed by atoms with van der Waals surface area (Å²) in [5.74, 6) is 1.61. The summed E-state index contributed by atoms with van der Waals surface area (Å²) < 4.78 is 0. The van der Waals surface area contributed by atoms with Gasteiger partial charge in [-0.1, -0.05) is 13.8 Å². The van der Waals surface area contributed by atoms with Crippen LogP contribution in [-0.4, -0.2) is 29.6 Å². The van der Waals surface area contributed by atoms with E-state index in [9.17, 15) is 0 Å². The second-order valence-electron chi connectivity index (χ2n) is 7.15. The molecule has 2 heterocycles. The summed E-state index contributed by atoms with van der Waals surface area (Å²) in [6, 6.07) is 0. The van der Waals surface area contributed by atoms with E-state index in [1.54, 1.807) is 0 Å². The maximum Gasteiger partial charge on any atom is 0.225 e. The molecule has 1 fully saturated rings. The maximum atomic E-state index is 5.75. The number of hydrogen-bond donors (Lipinski definition) is 1. The van der Waals surface area contributed by atoms with Gasteiger partial charge in [-0.25, -0.2) is 9.97 Å². The molecule has 2 aliphatic rings. The van der Waals surface area contributed by atoms with Crippen molar-refractivity contribution in [2.24, 2.45) is 17.1 Å². The van der Waals surface area contributed by atoms with Crippen molar-refractivity contribution in [2.75, 3.05) is 24.5 Å². The molecule has 0 bridgehead atoms. The van der Waals surface area contributed by atoms with Crippen molar-refractivity contribution in [3.8, 4) is 0 Å². The number of nitrogens with two attached hydrogens (primary N) is 1. The Balaban J connectivity index is 1.73. The second-order valence-corrected chi connectivity index (χ2v) is 7.15. The van der Waals surface area contributed by atoms with Crippen LogP contribution in [0.2, 0.25) is 0 Å². The molecule has 0 atom stereocenters. The van der Waals surface area contributed by atoms with Gasteiger partial charge < -0.3 is 10.6 Å². The lowest BCUT2D eigenvalue weighted by Gasteiger charge is -2.33. The van der Waals surface area contributed by atoms with E-state index >= 15 is 0 Å². The van der Waals surface area contributed by atoms with Gasteiger partial charge >= 0.3 is 0 Å². The molecule has 2 N–H and O–H groups in total. The predicted molar refractivity (Wildman–Crippen MR) is 81.8 cm³/mol. The summed E-state index contributed by atoms with van der Waals surface area (Å²) in [7, 11) is 0. The first-order chi connectivity index (χ1) is 9.57. The Morgan fingerprint density at radius 3 is 2.80 bits per heavy atom. The molecule has 0 saturated carbocycles. The Morgan fingerprint density at radius 2 is 2.10 bits per heavy atom. The summed E-state index contributed by atoms with van der Waals surface area (Å²) >= 11 is 0. The molecular formula is C16H26N4. The van der Waals surface area contributed by atoms with Crippen molar-refractivity contribution < 1.29 is 0 Å². The number of hydrogen-bond acceptors (Lipinski definition) is 4. The van der Waals surface area contributed by atoms with Gasteiger partial charge in [0.25, 0.3) is 0 Å². The first-order valence-electron chi connectivity index (χ1n) is 7.87. The highest BCUT2D eigenvalue weighted by Gasteiger charge is 2.27. The average Bonchev–Trinajstić information content (AvgIpc) is 2.46. The molecule has 0 unspecified atom stereocenters. The third-order valence-electron chi connectivity index (χ3n) is 4.88. The van der Waals surface area contributed by atoms with E-state index in [1.165, 1.54) is 30.5 Å². The van der Waals surface area contributed by atoms with Crippen molar-refractivity contribution in [3.63, 3.8) is 0 Å². The number of aryl methyl sites for hydroxylation is 1. The monoisotopic (exact) mass is 274 g/mol. The van der Waals surface area contributed by atoms with Gasteiger partial charge in [0.15, 0.2) is 0 Å². The zero-order chi connectivity index (χ0) is 14.2. The SMILES string of the molecule is CC1(C)CCc2nc(N3CCC(CN)CC3)ncc2C1. The molecule has 4 heteroatoms. The molecule has 110 valence electrons. The van der Waals surface area contributed by atoms with Gasteiger partial charge in [-0.3, -0.25) is 0 Å². The highest BCUT2D eigenvalue weighted by atomic mass is 15.3. The molecule has 0 spiro atoms. The van der Waals surface area contributed by atoms with Crippen molar-refractivity contribution in [1.82, 2.24) is 9.97 Å². The fourth-order valence-corrected chi connectivity index (χ4v) is 3.38. The summed E-state index contributed by atoms with van der Waals surface area (Å²) in [5, 5.41) is 0. The quantitative estimate of drug-likeness (QED) is 0.898. The van der Waals surface area contributed by atoms with Gasteiger partial charge in [0.2, 0.25) is 5.95 Å². The Bertz CT molecular complexity index is 475. The van der Waals surface area contributed by atoms with Crippen molar-refractivity contribution in [3.05, 3.63) is 17.5 Å². The van der Waals surface area contributed by atoms with E-state index in [-0.39, 0.29) is 0 Å². The molecule has 3 rings (SSSR count). The molecule has 1 aliphatic heterocycles. The summed E-state index contributed by atoms with van der Waals surface area (Å²) in [5.41, 5.74) is 8.78. The molecular weight excluding hydrogens is 248 g/mol. The molecule has 0 radical (unpaired) electrons. The van der Waals surface area contributed by atoms with Crippen LogP contribution in [0, 0.1) is 11.3 Å². The van der Waals surface area contributed by atoms with Crippen LogP contribution in [-0.2, 0) is 12.8 Å². The maximum absolute atomic E-state index is 5.75. The van der Waals surface area contributed by atoms with Crippen LogP contribution in [0.4, 0.5) is 5.95 Å².